The van der Waals surface area contributed by atoms with Crippen LogP contribution in [0.1, 0.15) is 29.0 Å². The Labute approximate surface area is 114 Å². The van der Waals surface area contributed by atoms with Gasteiger partial charge in [0.2, 0.25) is 0 Å². The van der Waals surface area contributed by atoms with Crippen molar-refractivity contribution >= 4 is 11.3 Å². The van der Waals surface area contributed by atoms with Crippen LogP contribution in [0.25, 0.3) is 0 Å². The van der Waals surface area contributed by atoms with E-state index >= 15 is 0 Å². The molecule has 0 saturated carbocycles. The molecule has 19 heavy (non-hydrogen) atoms. The summed E-state index contributed by atoms with van der Waals surface area (Å²) in [5, 5.41) is 5.20. The van der Waals surface area contributed by atoms with E-state index in [0.717, 1.165) is 6.07 Å². The Morgan fingerprint density at radius 2 is 2.00 bits per heavy atom. The summed E-state index contributed by atoms with van der Waals surface area (Å²) in [6.07, 6.45) is -4.29. The van der Waals surface area contributed by atoms with E-state index in [-0.39, 0.29) is 6.04 Å². The van der Waals surface area contributed by atoms with Crippen LogP contribution in [0.4, 0.5) is 13.2 Å². The smallest absolute Gasteiger partial charge is 0.305 e. The first-order valence-corrected chi connectivity index (χ1v) is 6.77. The minimum absolute atomic E-state index is 0.121. The molecule has 102 valence electrons. The maximum atomic E-state index is 12.6. The summed E-state index contributed by atoms with van der Waals surface area (Å²) in [6, 6.07) is 9.28. The fourth-order valence-corrected chi connectivity index (χ4v) is 2.42. The average molecular weight is 285 g/mol. The van der Waals surface area contributed by atoms with E-state index in [1.54, 1.807) is 17.4 Å². The maximum absolute atomic E-state index is 12.6. The molecule has 0 amide bonds. The lowest BCUT2D eigenvalue weighted by Gasteiger charge is -2.15. The number of nitrogens with one attached hydrogen (secondary N) is 1. The molecule has 0 bridgehead atoms. The number of hydrogen-bond acceptors (Lipinski definition) is 2. The van der Waals surface area contributed by atoms with Crippen LogP contribution in [-0.2, 0) is 12.7 Å². The summed E-state index contributed by atoms with van der Waals surface area (Å²) in [7, 11) is 0. The summed E-state index contributed by atoms with van der Waals surface area (Å²) in [4.78, 5) is 1.17. The molecule has 0 fully saturated rings. The van der Waals surface area contributed by atoms with Gasteiger partial charge in [-0.25, -0.2) is 0 Å². The van der Waals surface area contributed by atoms with E-state index in [2.05, 4.69) is 5.32 Å². The largest absolute Gasteiger partial charge is 0.416 e. The van der Waals surface area contributed by atoms with Crippen molar-refractivity contribution < 1.29 is 13.2 Å². The van der Waals surface area contributed by atoms with Gasteiger partial charge in [-0.05, 0) is 36.1 Å². The predicted molar refractivity (Wildman–Crippen MR) is 71.0 cm³/mol. The molecule has 1 atom stereocenters. The molecule has 0 aliphatic carbocycles. The number of thiophene rings is 1. The minimum Gasteiger partial charge on any atom is -0.305 e. The Bertz CT molecular complexity index is 520. The van der Waals surface area contributed by atoms with Gasteiger partial charge in [-0.1, -0.05) is 18.2 Å². The van der Waals surface area contributed by atoms with E-state index in [0.29, 0.717) is 12.1 Å². The minimum atomic E-state index is -4.29. The molecular formula is C14H14F3NS. The maximum Gasteiger partial charge on any atom is 0.416 e. The summed E-state index contributed by atoms with van der Waals surface area (Å²) in [5.41, 5.74) is 0.0427. The van der Waals surface area contributed by atoms with E-state index in [9.17, 15) is 13.2 Å². The van der Waals surface area contributed by atoms with Gasteiger partial charge in [0.1, 0.15) is 0 Å². The SMILES string of the molecule is CC(NCc1cccs1)c1cccc(C(F)(F)F)c1. The van der Waals surface area contributed by atoms with Crippen LogP contribution < -0.4 is 5.32 Å². The van der Waals surface area contributed by atoms with Crippen LogP contribution in [0.15, 0.2) is 41.8 Å². The molecule has 1 aromatic carbocycles. The molecule has 0 radical (unpaired) electrons. The zero-order valence-electron chi connectivity index (χ0n) is 10.4. The Morgan fingerprint density at radius 3 is 2.63 bits per heavy atom. The predicted octanol–water partition coefficient (Wildman–Crippen LogP) is 4.62. The first-order chi connectivity index (χ1) is 8.97. The average Bonchev–Trinajstić information content (AvgIpc) is 2.88. The monoisotopic (exact) mass is 285 g/mol. The normalized spacial score (nSPS) is 13.5. The van der Waals surface area contributed by atoms with Crippen molar-refractivity contribution in [3.8, 4) is 0 Å². The van der Waals surface area contributed by atoms with E-state index < -0.39 is 11.7 Å². The van der Waals surface area contributed by atoms with Crippen molar-refractivity contribution in [2.45, 2.75) is 25.7 Å². The van der Waals surface area contributed by atoms with Crippen LogP contribution in [-0.4, -0.2) is 0 Å². The third-order valence-electron chi connectivity index (χ3n) is 2.88. The van der Waals surface area contributed by atoms with Crippen LogP contribution in [0, 0.1) is 0 Å². The molecule has 1 unspecified atom stereocenters. The Kier molecular flexibility index (Phi) is 4.27. The first kappa shape index (κ1) is 14.1. The number of rotatable bonds is 4. The van der Waals surface area contributed by atoms with Gasteiger partial charge in [-0.15, -0.1) is 11.3 Å². The van der Waals surface area contributed by atoms with E-state index in [1.165, 1.54) is 17.0 Å². The molecule has 2 rings (SSSR count). The summed E-state index contributed by atoms with van der Waals surface area (Å²) >= 11 is 1.63. The molecule has 2 aromatic rings. The second kappa shape index (κ2) is 5.75. The number of halogens is 3. The lowest BCUT2D eigenvalue weighted by molar-refractivity contribution is -0.137. The highest BCUT2D eigenvalue weighted by Gasteiger charge is 2.30. The lowest BCUT2D eigenvalue weighted by Crippen LogP contribution is -2.18. The summed E-state index contributed by atoms with van der Waals surface area (Å²) < 4.78 is 37.9. The van der Waals surface area contributed by atoms with Crippen molar-refractivity contribution in [1.82, 2.24) is 5.32 Å². The van der Waals surface area contributed by atoms with Crippen molar-refractivity contribution in [3.63, 3.8) is 0 Å². The molecule has 5 heteroatoms. The van der Waals surface area contributed by atoms with Gasteiger partial charge < -0.3 is 5.32 Å². The second-order valence-corrected chi connectivity index (χ2v) is 5.34. The van der Waals surface area contributed by atoms with E-state index in [4.69, 9.17) is 0 Å². The van der Waals surface area contributed by atoms with Gasteiger partial charge in [-0.3, -0.25) is 0 Å². The van der Waals surface area contributed by atoms with Crippen molar-refractivity contribution in [1.29, 1.82) is 0 Å². The second-order valence-electron chi connectivity index (χ2n) is 4.31. The standard InChI is InChI=1S/C14H14F3NS/c1-10(18-9-13-6-3-7-19-13)11-4-2-5-12(8-11)14(15,16)17/h2-8,10,18H,9H2,1H3. The summed E-state index contributed by atoms with van der Waals surface area (Å²) in [5.74, 6) is 0. The summed E-state index contributed by atoms with van der Waals surface area (Å²) in [6.45, 7) is 2.53. The van der Waals surface area contributed by atoms with Crippen LogP contribution in [0.5, 0.6) is 0 Å². The molecule has 0 aliphatic rings. The number of alkyl halides is 3. The quantitative estimate of drug-likeness (QED) is 0.864. The van der Waals surface area contributed by atoms with Crippen molar-refractivity contribution in [3.05, 3.63) is 57.8 Å². The Morgan fingerprint density at radius 1 is 1.21 bits per heavy atom. The third-order valence-corrected chi connectivity index (χ3v) is 3.75. The fourth-order valence-electron chi connectivity index (χ4n) is 1.77. The topological polar surface area (TPSA) is 12.0 Å². The van der Waals surface area contributed by atoms with Crippen LogP contribution in [0.3, 0.4) is 0 Å². The number of benzene rings is 1. The fraction of sp³-hybridized carbons (Fsp3) is 0.286. The van der Waals surface area contributed by atoms with E-state index in [1.807, 2.05) is 24.4 Å². The molecule has 0 spiro atoms. The zero-order chi connectivity index (χ0) is 13.9. The molecule has 0 aliphatic heterocycles. The molecule has 1 nitrogen and oxygen atoms in total. The van der Waals surface area contributed by atoms with Gasteiger partial charge in [0.15, 0.2) is 0 Å². The van der Waals surface area contributed by atoms with Gasteiger partial charge in [0, 0.05) is 17.5 Å². The highest BCUT2D eigenvalue weighted by Crippen LogP contribution is 2.30. The highest BCUT2D eigenvalue weighted by molar-refractivity contribution is 7.09. The first-order valence-electron chi connectivity index (χ1n) is 5.90. The molecule has 1 heterocycles. The Hall–Kier alpha value is -1.33. The molecule has 1 aromatic heterocycles. The third kappa shape index (κ3) is 3.81. The van der Waals surface area contributed by atoms with Gasteiger partial charge in [-0.2, -0.15) is 13.2 Å². The highest BCUT2D eigenvalue weighted by atomic mass is 32.1. The Balaban J connectivity index is 2.04. The van der Waals surface area contributed by atoms with Crippen LogP contribution in [0.2, 0.25) is 0 Å². The lowest BCUT2D eigenvalue weighted by atomic mass is 10.0. The zero-order valence-corrected chi connectivity index (χ0v) is 11.2. The van der Waals surface area contributed by atoms with Gasteiger partial charge in [0.25, 0.3) is 0 Å². The van der Waals surface area contributed by atoms with Crippen molar-refractivity contribution in [2.75, 3.05) is 0 Å². The number of hydrogen-bond donors (Lipinski definition) is 1. The molecule has 0 saturated heterocycles. The van der Waals surface area contributed by atoms with Gasteiger partial charge in [0.05, 0.1) is 5.56 Å². The molecule has 1 N–H and O–H groups in total. The molecular weight excluding hydrogens is 271 g/mol. The van der Waals surface area contributed by atoms with Crippen molar-refractivity contribution in [2.24, 2.45) is 0 Å². The van der Waals surface area contributed by atoms with Gasteiger partial charge >= 0.3 is 6.18 Å². The van der Waals surface area contributed by atoms with Crippen LogP contribution >= 0.6 is 11.3 Å².